The topological polar surface area (TPSA) is 30.5 Å². The summed E-state index contributed by atoms with van der Waals surface area (Å²) in [4.78, 5) is 5.55. The van der Waals surface area contributed by atoms with Crippen molar-refractivity contribution >= 4 is 0 Å². The van der Waals surface area contributed by atoms with Gasteiger partial charge in [-0.15, -0.1) is 0 Å². The molecule has 0 aromatic heterocycles. The van der Waals surface area contributed by atoms with Gasteiger partial charge in [-0.05, 0) is 50.1 Å². The fraction of sp³-hybridized carbons (Fsp3) is 0.806. The minimum absolute atomic E-state index is 0.158. The van der Waals surface area contributed by atoms with Crippen molar-refractivity contribution in [3.05, 3.63) is 35.9 Å². The Morgan fingerprint density at radius 2 is 1.37 bits per heavy atom. The maximum atomic E-state index is 3.98. The lowest BCUT2D eigenvalue weighted by Gasteiger charge is -2.48. The van der Waals surface area contributed by atoms with Crippen LogP contribution < -0.4 is 10.6 Å². The first-order valence-corrected chi connectivity index (χ1v) is 15.0. The van der Waals surface area contributed by atoms with Crippen molar-refractivity contribution in [2.45, 2.75) is 97.9 Å². The highest BCUT2D eigenvalue weighted by molar-refractivity contribution is 5.14. The van der Waals surface area contributed by atoms with Crippen LogP contribution in [0.25, 0.3) is 0 Å². The first-order valence-electron chi connectivity index (χ1n) is 15.0. The third-order valence-corrected chi connectivity index (χ3v) is 7.95. The van der Waals surface area contributed by atoms with Crippen molar-refractivity contribution in [1.29, 1.82) is 0 Å². The molecule has 2 rings (SSSR count). The Morgan fingerprint density at radius 3 is 1.89 bits per heavy atom. The molecular weight excluding hydrogens is 428 g/mol. The van der Waals surface area contributed by atoms with Crippen LogP contribution in [-0.4, -0.2) is 67.8 Å². The molecule has 1 aromatic carbocycles. The molecule has 1 aliphatic rings. The van der Waals surface area contributed by atoms with Crippen LogP contribution in [0.1, 0.15) is 91.5 Å². The van der Waals surface area contributed by atoms with Crippen molar-refractivity contribution in [3.63, 3.8) is 0 Å². The smallest absolute Gasteiger partial charge is 0.0507 e. The second kappa shape index (κ2) is 17.5. The maximum Gasteiger partial charge on any atom is 0.0507 e. The zero-order valence-corrected chi connectivity index (χ0v) is 24.0. The van der Waals surface area contributed by atoms with Crippen molar-refractivity contribution < 1.29 is 0 Å². The van der Waals surface area contributed by atoms with Crippen LogP contribution >= 0.6 is 0 Å². The summed E-state index contributed by atoms with van der Waals surface area (Å²) in [6.45, 7) is 21.0. The molecule has 0 radical (unpaired) electrons. The molecule has 0 aliphatic carbocycles. The molecule has 1 aliphatic heterocycles. The molecule has 2 unspecified atom stereocenters. The molecule has 1 aromatic rings. The van der Waals surface area contributed by atoms with E-state index < -0.39 is 0 Å². The van der Waals surface area contributed by atoms with E-state index in [1.807, 2.05) is 0 Å². The van der Waals surface area contributed by atoms with E-state index in [1.54, 1.807) is 0 Å². The van der Waals surface area contributed by atoms with Crippen LogP contribution in [0, 0.1) is 11.8 Å². The van der Waals surface area contributed by atoms with E-state index in [1.165, 1.54) is 83.1 Å². The summed E-state index contributed by atoms with van der Waals surface area (Å²) >= 11 is 0. The van der Waals surface area contributed by atoms with E-state index in [2.05, 4.69) is 85.4 Å². The van der Waals surface area contributed by atoms with E-state index in [0.29, 0.717) is 0 Å². The SMILES string of the molecule is CCCCC(CC)CN1CN(CC(CC)CCCC)CC(C)(NCCNCCc2ccccc2)C1. The van der Waals surface area contributed by atoms with Gasteiger partial charge >= 0.3 is 0 Å². The number of hydrogen-bond acceptors (Lipinski definition) is 4. The van der Waals surface area contributed by atoms with Crippen LogP contribution in [0.15, 0.2) is 30.3 Å². The van der Waals surface area contributed by atoms with Crippen LogP contribution in [0.2, 0.25) is 0 Å². The summed E-state index contributed by atoms with van der Waals surface area (Å²) in [6.07, 6.45) is 11.8. The third kappa shape index (κ3) is 12.2. The summed E-state index contributed by atoms with van der Waals surface area (Å²) in [5, 5.41) is 7.63. The minimum Gasteiger partial charge on any atom is -0.315 e. The Hall–Kier alpha value is -0.940. The summed E-state index contributed by atoms with van der Waals surface area (Å²) in [6, 6.07) is 10.8. The molecule has 4 nitrogen and oxygen atoms in total. The highest BCUT2D eigenvalue weighted by atomic mass is 15.4. The standard InChI is InChI=1S/C31H58N4/c1-6-10-15-28(8-3)23-34-25-31(5,26-35(27-34)24-29(9-4)16-11-7-2)33-22-21-32-20-19-30-17-13-12-14-18-30/h12-14,17-18,28-29,32-33H,6-11,15-16,19-27H2,1-5H3. The Kier molecular flexibility index (Phi) is 15.1. The normalized spacial score (nSPS) is 21.3. The van der Waals surface area contributed by atoms with Crippen molar-refractivity contribution in [2.24, 2.45) is 11.8 Å². The number of nitrogens with zero attached hydrogens (tertiary/aromatic N) is 2. The molecule has 0 bridgehead atoms. The number of nitrogens with one attached hydrogen (secondary N) is 2. The Labute approximate surface area is 218 Å². The summed E-state index contributed by atoms with van der Waals surface area (Å²) in [5.74, 6) is 1.67. The van der Waals surface area contributed by atoms with E-state index in [9.17, 15) is 0 Å². The maximum absolute atomic E-state index is 3.98. The van der Waals surface area contributed by atoms with Crippen LogP contribution in [0.4, 0.5) is 0 Å². The average molecular weight is 487 g/mol. The number of rotatable bonds is 19. The quantitative estimate of drug-likeness (QED) is 0.229. The third-order valence-electron chi connectivity index (χ3n) is 7.95. The van der Waals surface area contributed by atoms with Gasteiger partial charge in [0.15, 0.2) is 0 Å². The molecule has 1 heterocycles. The van der Waals surface area contributed by atoms with Gasteiger partial charge in [-0.3, -0.25) is 9.80 Å². The van der Waals surface area contributed by atoms with Gasteiger partial charge in [0.05, 0.1) is 6.67 Å². The predicted octanol–water partition coefficient (Wildman–Crippen LogP) is 6.17. The van der Waals surface area contributed by atoms with E-state index in [-0.39, 0.29) is 5.54 Å². The lowest BCUT2D eigenvalue weighted by molar-refractivity contribution is 0.00520. The summed E-state index contributed by atoms with van der Waals surface area (Å²) in [7, 11) is 0. The van der Waals surface area contributed by atoms with Crippen molar-refractivity contribution in [2.75, 3.05) is 52.5 Å². The summed E-state index contributed by atoms with van der Waals surface area (Å²) in [5.41, 5.74) is 1.58. The fourth-order valence-corrected chi connectivity index (χ4v) is 5.80. The van der Waals surface area contributed by atoms with Crippen LogP contribution in [0.3, 0.4) is 0 Å². The van der Waals surface area contributed by atoms with Gasteiger partial charge in [0.2, 0.25) is 0 Å². The molecular formula is C31H58N4. The van der Waals surface area contributed by atoms with Gasteiger partial charge in [0.1, 0.15) is 0 Å². The lowest BCUT2D eigenvalue weighted by Crippen LogP contribution is -2.65. The van der Waals surface area contributed by atoms with E-state index >= 15 is 0 Å². The summed E-state index contributed by atoms with van der Waals surface area (Å²) < 4.78 is 0. The highest BCUT2D eigenvalue weighted by Gasteiger charge is 2.35. The molecule has 1 saturated heterocycles. The first kappa shape index (κ1) is 30.3. The van der Waals surface area contributed by atoms with E-state index in [0.717, 1.165) is 44.6 Å². The zero-order chi connectivity index (χ0) is 25.4. The molecule has 0 spiro atoms. The predicted molar refractivity (Wildman–Crippen MR) is 154 cm³/mol. The average Bonchev–Trinajstić information content (AvgIpc) is 2.86. The van der Waals surface area contributed by atoms with Crippen molar-refractivity contribution in [1.82, 2.24) is 20.4 Å². The second-order valence-electron chi connectivity index (χ2n) is 11.5. The van der Waals surface area contributed by atoms with Gasteiger partial charge in [-0.2, -0.15) is 0 Å². The van der Waals surface area contributed by atoms with Gasteiger partial charge in [-0.25, -0.2) is 0 Å². The number of unbranched alkanes of at least 4 members (excludes halogenated alkanes) is 2. The van der Waals surface area contributed by atoms with E-state index in [4.69, 9.17) is 0 Å². The largest absolute Gasteiger partial charge is 0.315 e. The molecule has 0 amide bonds. The number of hydrogen-bond donors (Lipinski definition) is 2. The molecule has 1 fully saturated rings. The molecule has 35 heavy (non-hydrogen) atoms. The van der Waals surface area contributed by atoms with Gasteiger partial charge in [0.25, 0.3) is 0 Å². The van der Waals surface area contributed by atoms with Crippen LogP contribution in [-0.2, 0) is 6.42 Å². The lowest BCUT2D eigenvalue weighted by atomic mass is 9.93. The molecule has 4 heteroatoms. The molecule has 202 valence electrons. The first-order chi connectivity index (χ1) is 17.0. The Morgan fingerprint density at radius 1 is 0.800 bits per heavy atom. The molecule has 0 saturated carbocycles. The fourth-order valence-electron chi connectivity index (χ4n) is 5.80. The van der Waals surface area contributed by atoms with Gasteiger partial charge in [0, 0.05) is 44.8 Å². The van der Waals surface area contributed by atoms with Crippen molar-refractivity contribution in [3.8, 4) is 0 Å². The Balaban J connectivity index is 1.89. The van der Waals surface area contributed by atoms with Gasteiger partial charge < -0.3 is 10.6 Å². The monoisotopic (exact) mass is 486 g/mol. The molecule has 2 atom stereocenters. The van der Waals surface area contributed by atoms with Gasteiger partial charge in [-0.1, -0.05) is 96.6 Å². The minimum atomic E-state index is 0.158. The zero-order valence-electron chi connectivity index (χ0n) is 24.0. The Bertz CT molecular complexity index is 608. The number of benzene rings is 1. The molecule has 2 N–H and O–H groups in total. The van der Waals surface area contributed by atoms with Crippen LogP contribution in [0.5, 0.6) is 0 Å². The second-order valence-corrected chi connectivity index (χ2v) is 11.5. The highest BCUT2D eigenvalue weighted by Crippen LogP contribution is 2.23.